The maximum absolute atomic E-state index is 17.3. The van der Waals surface area contributed by atoms with E-state index >= 15 is 8.78 Å². The van der Waals surface area contributed by atoms with Crippen LogP contribution in [0.5, 0.6) is 0 Å². The second-order valence-electron chi connectivity index (χ2n) is 11.9. The van der Waals surface area contributed by atoms with Crippen LogP contribution < -0.4 is 0 Å². The lowest BCUT2D eigenvalue weighted by molar-refractivity contribution is -0.231. The smallest absolute Gasteiger partial charge is 0.478 e. The van der Waals surface area contributed by atoms with Gasteiger partial charge in [-0.2, -0.15) is 0 Å². The van der Waals surface area contributed by atoms with Crippen molar-refractivity contribution < 1.29 is 42.9 Å². The molecule has 2 N–H and O–H groups in total. The molecule has 0 aromatic heterocycles. The number of ether oxygens (including phenoxy) is 2. The molecule has 9 atom stereocenters. The van der Waals surface area contributed by atoms with Crippen molar-refractivity contribution in [1.29, 1.82) is 0 Å². The molecule has 0 bridgehead atoms. The average molecular weight is 525 g/mol. The molecule has 0 saturated heterocycles. The predicted molar refractivity (Wildman–Crippen MR) is 130 cm³/mol. The molecule has 0 heterocycles. The third kappa shape index (κ3) is 3.62. The second-order valence-corrected chi connectivity index (χ2v) is 11.9. The SMILES string of the molecule is CCC(CC)COC(=O)O[C@]1(C(=O)O)[C@H](C)C[C@H]2[C@@H]3C[C@H](F)C4=CC(=O)C=C[C@]4(C)[C@@]3(F)[C@@H](O)C[C@@]21C. The van der Waals surface area contributed by atoms with Gasteiger partial charge in [-0.15, -0.1) is 0 Å². The number of carbonyl (C=O) groups excluding carboxylic acids is 2. The van der Waals surface area contributed by atoms with Crippen LogP contribution in [0.3, 0.4) is 0 Å². The van der Waals surface area contributed by atoms with E-state index in [4.69, 9.17) is 9.47 Å². The van der Waals surface area contributed by atoms with Crippen molar-refractivity contribution >= 4 is 17.9 Å². The van der Waals surface area contributed by atoms with E-state index in [0.717, 1.165) is 18.9 Å². The lowest BCUT2D eigenvalue weighted by Crippen LogP contribution is -2.71. The lowest BCUT2D eigenvalue weighted by Gasteiger charge is -2.62. The molecule has 9 heteroatoms. The Morgan fingerprint density at radius 3 is 2.43 bits per heavy atom. The zero-order valence-electron chi connectivity index (χ0n) is 22.1. The van der Waals surface area contributed by atoms with Gasteiger partial charge in [0.05, 0.1) is 12.7 Å². The van der Waals surface area contributed by atoms with E-state index in [2.05, 4.69) is 0 Å². The van der Waals surface area contributed by atoms with E-state index in [0.29, 0.717) is 0 Å². The van der Waals surface area contributed by atoms with Gasteiger partial charge in [-0.05, 0) is 55.7 Å². The Morgan fingerprint density at radius 1 is 1.19 bits per heavy atom. The van der Waals surface area contributed by atoms with Crippen molar-refractivity contribution in [3.63, 3.8) is 0 Å². The Hall–Kier alpha value is -2.29. The summed E-state index contributed by atoms with van der Waals surface area (Å²) >= 11 is 0. The van der Waals surface area contributed by atoms with Crippen molar-refractivity contribution in [3.8, 4) is 0 Å². The van der Waals surface area contributed by atoms with Crippen LogP contribution >= 0.6 is 0 Å². The van der Waals surface area contributed by atoms with Gasteiger partial charge >= 0.3 is 12.1 Å². The fourth-order valence-electron chi connectivity index (χ4n) is 8.11. The number of ketones is 1. The highest BCUT2D eigenvalue weighted by atomic mass is 19.1. The number of aliphatic hydroxyl groups is 1. The van der Waals surface area contributed by atoms with Crippen LogP contribution in [-0.4, -0.2) is 58.3 Å². The molecule has 0 aromatic rings. The molecule has 3 fully saturated rings. The van der Waals surface area contributed by atoms with E-state index < -0.39 is 70.0 Å². The van der Waals surface area contributed by atoms with Crippen LogP contribution in [-0.2, 0) is 19.1 Å². The number of halogens is 2. The number of fused-ring (bicyclic) bond motifs is 5. The van der Waals surface area contributed by atoms with Crippen molar-refractivity contribution in [2.75, 3.05) is 6.61 Å². The number of hydrogen-bond acceptors (Lipinski definition) is 6. The Kier molecular flexibility index (Phi) is 6.88. The summed E-state index contributed by atoms with van der Waals surface area (Å²) < 4.78 is 43.8. The van der Waals surface area contributed by atoms with Gasteiger partial charge < -0.3 is 19.7 Å². The number of aliphatic carboxylic acids is 1. The van der Waals surface area contributed by atoms with Gasteiger partial charge in [-0.3, -0.25) is 4.79 Å². The quantitative estimate of drug-likeness (QED) is 0.473. The number of rotatable bonds is 6. The number of allylic oxidation sites excluding steroid dienone is 4. The molecule has 0 amide bonds. The van der Waals surface area contributed by atoms with Gasteiger partial charge in [0.1, 0.15) is 6.17 Å². The monoisotopic (exact) mass is 524 g/mol. The van der Waals surface area contributed by atoms with Crippen LogP contribution in [0.25, 0.3) is 0 Å². The standard InChI is InChI=1S/C28H38F2O7/c1-6-16(7-2)14-36-24(35)37-28(23(33)34)15(3)10-18-19-12-21(29)20-11-17(31)8-9-25(20,4)27(19,30)22(32)13-26(18,28)5/h8-9,11,15-16,18-19,21-22,32H,6-7,10,12-14H2,1-5H3,(H,33,34)/t15-,18+,19+,21+,22+,25+,26+,27+,28+/m1/s1. The maximum Gasteiger partial charge on any atom is 0.509 e. The molecule has 4 aliphatic rings. The summed E-state index contributed by atoms with van der Waals surface area (Å²) in [6.45, 7) is 8.70. The van der Waals surface area contributed by atoms with Gasteiger partial charge in [-0.25, -0.2) is 18.4 Å². The Bertz CT molecular complexity index is 1040. The predicted octanol–water partition coefficient (Wildman–Crippen LogP) is 4.96. The minimum atomic E-state index is -2.34. The first-order valence-corrected chi connectivity index (χ1v) is 13.3. The molecule has 0 spiro atoms. The number of carboxylic acids is 1. The van der Waals surface area contributed by atoms with Crippen LogP contribution in [0, 0.1) is 34.5 Å². The van der Waals surface area contributed by atoms with E-state index in [1.807, 2.05) is 13.8 Å². The van der Waals surface area contributed by atoms with Crippen molar-refractivity contribution in [2.24, 2.45) is 34.5 Å². The number of carboxylic acid groups (broad SMARTS) is 1. The first-order chi connectivity index (χ1) is 17.2. The summed E-state index contributed by atoms with van der Waals surface area (Å²) in [4.78, 5) is 37.7. The Balaban J connectivity index is 1.74. The second kappa shape index (κ2) is 9.17. The highest BCUT2D eigenvalue weighted by Gasteiger charge is 2.78. The molecule has 0 aliphatic heterocycles. The van der Waals surface area contributed by atoms with Gasteiger partial charge in [0.2, 0.25) is 5.60 Å². The molecule has 7 nitrogen and oxygen atoms in total. The number of carbonyl (C=O) groups is 3. The topological polar surface area (TPSA) is 110 Å². The summed E-state index contributed by atoms with van der Waals surface area (Å²) in [6.07, 6.45) is 0.285. The van der Waals surface area contributed by atoms with Gasteiger partial charge in [0.15, 0.2) is 11.5 Å². The highest BCUT2D eigenvalue weighted by Crippen LogP contribution is 2.71. The molecular weight excluding hydrogens is 486 g/mol. The zero-order valence-corrected chi connectivity index (χ0v) is 22.1. The first-order valence-electron chi connectivity index (χ1n) is 13.3. The summed E-state index contributed by atoms with van der Waals surface area (Å²) in [5, 5.41) is 21.9. The molecular formula is C28H38F2O7. The van der Waals surface area contributed by atoms with Crippen LogP contribution in [0.4, 0.5) is 13.6 Å². The molecule has 206 valence electrons. The van der Waals surface area contributed by atoms with Crippen molar-refractivity contribution in [1.82, 2.24) is 0 Å². The number of hydrogen-bond donors (Lipinski definition) is 2. The largest absolute Gasteiger partial charge is 0.509 e. The molecule has 3 saturated carbocycles. The molecule has 0 aromatic carbocycles. The zero-order chi connectivity index (χ0) is 27.6. The van der Waals surface area contributed by atoms with Gasteiger partial charge in [0, 0.05) is 22.7 Å². The minimum Gasteiger partial charge on any atom is -0.478 e. The average Bonchev–Trinajstić information content (AvgIpc) is 3.05. The minimum absolute atomic E-state index is 0.00169. The number of alkyl halides is 2. The molecule has 0 unspecified atom stereocenters. The molecule has 4 rings (SSSR count). The third-order valence-electron chi connectivity index (χ3n) is 10.3. The summed E-state index contributed by atoms with van der Waals surface area (Å²) in [6, 6.07) is 0. The first kappa shape index (κ1) is 27.7. The van der Waals surface area contributed by atoms with Crippen molar-refractivity contribution in [2.45, 2.75) is 90.3 Å². The summed E-state index contributed by atoms with van der Waals surface area (Å²) in [5.41, 5.74) is -7.40. The van der Waals surface area contributed by atoms with E-state index in [1.165, 1.54) is 19.1 Å². The summed E-state index contributed by atoms with van der Waals surface area (Å²) in [7, 11) is 0. The van der Waals surface area contributed by atoms with Crippen LogP contribution in [0.2, 0.25) is 0 Å². The van der Waals surface area contributed by atoms with Crippen molar-refractivity contribution in [3.05, 3.63) is 23.8 Å². The third-order valence-corrected chi connectivity index (χ3v) is 10.3. The molecule has 4 aliphatic carbocycles. The van der Waals surface area contributed by atoms with Gasteiger partial charge in [0.25, 0.3) is 0 Å². The summed E-state index contributed by atoms with van der Waals surface area (Å²) in [5.74, 6) is -4.26. The lowest BCUT2D eigenvalue weighted by atomic mass is 9.44. The Labute approximate surface area is 216 Å². The molecule has 37 heavy (non-hydrogen) atoms. The van der Waals surface area contributed by atoms with Crippen LogP contribution in [0.1, 0.15) is 66.7 Å². The Morgan fingerprint density at radius 2 is 1.84 bits per heavy atom. The fraction of sp³-hybridized carbons (Fsp3) is 0.750. The normalized spacial score (nSPS) is 44.5. The van der Waals surface area contributed by atoms with Crippen LogP contribution in [0.15, 0.2) is 23.8 Å². The van der Waals surface area contributed by atoms with E-state index in [9.17, 15) is 24.6 Å². The molecule has 0 radical (unpaired) electrons. The van der Waals surface area contributed by atoms with E-state index in [1.54, 1.807) is 13.8 Å². The van der Waals surface area contributed by atoms with E-state index in [-0.39, 0.29) is 37.4 Å². The fourth-order valence-corrected chi connectivity index (χ4v) is 8.11. The maximum atomic E-state index is 17.3. The highest BCUT2D eigenvalue weighted by molar-refractivity contribution is 6.01. The van der Waals surface area contributed by atoms with Gasteiger partial charge in [-0.1, -0.05) is 46.6 Å². The number of aliphatic hydroxyl groups excluding tert-OH is 1.